The fraction of sp³-hybridized carbons (Fsp3) is 0.269. The third kappa shape index (κ3) is 5.36. The molecule has 40 heavy (non-hydrogen) atoms. The summed E-state index contributed by atoms with van der Waals surface area (Å²) in [4.78, 5) is 23.3. The first-order valence-corrected chi connectivity index (χ1v) is 13.5. The van der Waals surface area contributed by atoms with E-state index in [1.807, 2.05) is 0 Å². The van der Waals surface area contributed by atoms with Crippen molar-refractivity contribution in [2.75, 3.05) is 25.5 Å². The number of carbonyl (C=O) groups excluding carboxylic acids is 1. The molecule has 1 atom stereocenters. The SMILES string of the molecule is CN(C)c1nc(CNC(=O)C2CCN2S(=O)(=O)c2cc3cc(F)ccc3o2)cc(-c2ccc(C(F)(F)F)cc2)n1. The Morgan fingerprint density at radius 1 is 1.10 bits per heavy atom. The van der Waals surface area contributed by atoms with Gasteiger partial charge in [-0.15, -0.1) is 0 Å². The predicted octanol–water partition coefficient (Wildman–Crippen LogP) is 4.19. The predicted molar refractivity (Wildman–Crippen MR) is 137 cm³/mol. The lowest BCUT2D eigenvalue weighted by Crippen LogP contribution is -2.57. The molecule has 0 spiro atoms. The van der Waals surface area contributed by atoms with Crippen molar-refractivity contribution in [1.82, 2.24) is 19.6 Å². The number of aromatic nitrogens is 2. The molecule has 3 heterocycles. The summed E-state index contributed by atoms with van der Waals surface area (Å²) < 4.78 is 85.1. The quantitative estimate of drug-likeness (QED) is 0.328. The molecule has 0 saturated carbocycles. The summed E-state index contributed by atoms with van der Waals surface area (Å²) in [7, 11) is -0.773. The molecule has 1 saturated heterocycles. The minimum absolute atomic E-state index is 0.0792. The van der Waals surface area contributed by atoms with E-state index < -0.39 is 44.6 Å². The summed E-state index contributed by atoms with van der Waals surface area (Å²) in [6, 6.07) is 9.92. The van der Waals surface area contributed by atoms with Gasteiger partial charge in [0.25, 0.3) is 10.0 Å². The van der Waals surface area contributed by atoms with Crippen LogP contribution in [-0.2, 0) is 27.5 Å². The van der Waals surface area contributed by atoms with Crippen LogP contribution >= 0.6 is 0 Å². The molecule has 1 amide bonds. The van der Waals surface area contributed by atoms with Gasteiger partial charge in [0.1, 0.15) is 17.4 Å². The summed E-state index contributed by atoms with van der Waals surface area (Å²) in [5.74, 6) is -0.823. The number of benzene rings is 2. The molecular formula is C26H23F4N5O4S. The number of hydrogen-bond acceptors (Lipinski definition) is 7. The van der Waals surface area contributed by atoms with Crippen LogP contribution in [0.5, 0.6) is 0 Å². The number of nitrogens with one attached hydrogen (secondary N) is 1. The molecule has 210 valence electrons. The number of sulfonamides is 1. The molecule has 1 aliphatic rings. The van der Waals surface area contributed by atoms with Gasteiger partial charge in [0.05, 0.1) is 23.5 Å². The van der Waals surface area contributed by atoms with Crippen LogP contribution in [0, 0.1) is 5.82 Å². The van der Waals surface area contributed by atoms with Gasteiger partial charge >= 0.3 is 6.18 Å². The van der Waals surface area contributed by atoms with Crippen molar-refractivity contribution in [2.45, 2.75) is 30.3 Å². The summed E-state index contributed by atoms with van der Waals surface area (Å²) in [6.07, 6.45) is -4.19. The summed E-state index contributed by atoms with van der Waals surface area (Å²) in [5.41, 5.74) is 0.556. The molecule has 4 aromatic rings. The van der Waals surface area contributed by atoms with Gasteiger partial charge in [0.2, 0.25) is 16.9 Å². The summed E-state index contributed by atoms with van der Waals surface area (Å²) >= 11 is 0. The van der Waals surface area contributed by atoms with Crippen LogP contribution < -0.4 is 10.2 Å². The first-order chi connectivity index (χ1) is 18.8. The van der Waals surface area contributed by atoms with Crippen molar-refractivity contribution in [3.05, 3.63) is 71.7 Å². The van der Waals surface area contributed by atoms with E-state index >= 15 is 0 Å². The van der Waals surface area contributed by atoms with Crippen LogP contribution in [0.15, 0.2) is 64.1 Å². The van der Waals surface area contributed by atoms with E-state index in [9.17, 15) is 30.8 Å². The highest BCUT2D eigenvalue weighted by atomic mass is 32.2. The third-order valence-corrected chi connectivity index (χ3v) is 8.18. The normalized spacial score (nSPS) is 16.1. The maximum atomic E-state index is 13.5. The Kier molecular flexibility index (Phi) is 7.00. The van der Waals surface area contributed by atoms with Gasteiger partial charge in [0.15, 0.2) is 0 Å². The Hall–Kier alpha value is -4.04. The van der Waals surface area contributed by atoms with Crippen LogP contribution in [0.4, 0.5) is 23.5 Å². The van der Waals surface area contributed by atoms with E-state index in [4.69, 9.17) is 4.42 Å². The van der Waals surface area contributed by atoms with Crippen molar-refractivity contribution in [2.24, 2.45) is 0 Å². The maximum absolute atomic E-state index is 13.5. The van der Waals surface area contributed by atoms with Crippen LogP contribution in [0.1, 0.15) is 17.7 Å². The van der Waals surface area contributed by atoms with Crippen molar-refractivity contribution >= 4 is 32.8 Å². The van der Waals surface area contributed by atoms with Gasteiger partial charge in [-0.1, -0.05) is 12.1 Å². The Labute approximate surface area is 226 Å². The van der Waals surface area contributed by atoms with Crippen LogP contribution in [0.2, 0.25) is 0 Å². The highest BCUT2D eigenvalue weighted by Gasteiger charge is 2.44. The van der Waals surface area contributed by atoms with E-state index in [0.717, 1.165) is 28.6 Å². The molecule has 2 aromatic heterocycles. The number of hydrogen-bond donors (Lipinski definition) is 1. The number of amides is 1. The topological polar surface area (TPSA) is 109 Å². The standard InChI is InChI=1S/C26H23F4N5O4S/c1-34(2)25-32-19(13-20(33-25)15-3-5-17(6-4-15)26(28,29)30)14-31-24(36)21-9-10-35(21)40(37,38)23-12-16-11-18(27)7-8-22(16)39-23/h3-8,11-13,21H,9-10,14H2,1-2H3,(H,31,36). The molecule has 1 N–H and O–H groups in total. The van der Waals surface area contributed by atoms with Crippen molar-refractivity contribution < 1.29 is 35.2 Å². The average Bonchev–Trinajstić information content (AvgIpc) is 3.30. The number of nitrogens with zero attached hydrogens (tertiary/aromatic N) is 4. The molecular weight excluding hydrogens is 554 g/mol. The highest BCUT2D eigenvalue weighted by molar-refractivity contribution is 7.89. The van der Waals surface area contributed by atoms with E-state index in [2.05, 4.69) is 15.3 Å². The lowest BCUT2D eigenvalue weighted by atomic mass is 10.1. The molecule has 0 aliphatic carbocycles. The first kappa shape index (κ1) is 27.5. The fourth-order valence-electron chi connectivity index (χ4n) is 4.19. The Morgan fingerprint density at radius 2 is 1.82 bits per heavy atom. The number of carbonyl (C=O) groups is 1. The second-order valence-corrected chi connectivity index (χ2v) is 11.2. The fourth-order valence-corrected chi connectivity index (χ4v) is 5.78. The van der Waals surface area contributed by atoms with E-state index in [1.54, 1.807) is 25.1 Å². The van der Waals surface area contributed by atoms with Crippen LogP contribution in [0.25, 0.3) is 22.2 Å². The number of furan rings is 1. The molecule has 0 radical (unpaired) electrons. The molecule has 14 heteroatoms. The lowest BCUT2D eigenvalue weighted by molar-refractivity contribution is -0.137. The number of rotatable bonds is 7. The number of alkyl halides is 3. The van der Waals surface area contributed by atoms with Gasteiger partial charge in [-0.25, -0.2) is 22.8 Å². The maximum Gasteiger partial charge on any atom is 0.416 e. The number of anilines is 1. The van der Waals surface area contributed by atoms with Gasteiger partial charge in [-0.05, 0) is 42.8 Å². The molecule has 1 aliphatic heterocycles. The number of halogens is 4. The summed E-state index contributed by atoms with van der Waals surface area (Å²) in [6.45, 7) is 0.0201. The highest BCUT2D eigenvalue weighted by Crippen LogP contribution is 2.32. The smallest absolute Gasteiger partial charge is 0.416 e. The molecule has 1 unspecified atom stereocenters. The lowest BCUT2D eigenvalue weighted by Gasteiger charge is -2.37. The first-order valence-electron chi connectivity index (χ1n) is 12.0. The average molecular weight is 578 g/mol. The monoisotopic (exact) mass is 577 g/mol. The van der Waals surface area contributed by atoms with Gasteiger partial charge in [0, 0.05) is 37.7 Å². The van der Waals surface area contributed by atoms with Crippen molar-refractivity contribution in [3.63, 3.8) is 0 Å². The zero-order chi connectivity index (χ0) is 28.8. The van der Waals surface area contributed by atoms with Crippen LogP contribution in [0.3, 0.4) is 0 Å². The van der Waals surface area contributed by atoms with Crippen LogP contribution in [-0.4, -0.2) is 55.3 Å². The van der Waals surface area contributed by atoms with E-state index in [0.29, 0.717) is 17.0 Å². The zero-order valence-electron chi connectivity index (χ0n) is 21.2. The van der Waals surface area contributed by atoms with Crippen molar-refractivity contribution in [1.29, 1.82) is 0 Å². The number of fused-ring (bicyclic) bond motifs is 1. The second-order valence-electron chi connectivity index (χ2n) is 9.40. The minimum Gasteiger partial charge on any atom is -0.443 e. The van der Waals surface area contributed by atoms with E-state index in [1.165, 1.54) is 24.3 Å². The van der Waals surface area contributed by atoms with Gasteiger partial charge in [-0.3, -0.25) is 4.79 Å². The zero-order valence-corrected chi connectivity index (χ0v) is 22.1. The van der Waals surface area contributed by atoms with E-state index in [-0.39, 0.29) is 36.4 Å². The third-order valence-electron chi connectivity index (χ3n) is 6.41. The summed E-state index contributed by atoms with van der Waals surface area (Å²) in [5, 5.41) is 2.57. The largest absolute Gasteiger partial charge is 0.443 e. The van der Waals surface area contributed by atoms with Gasteiger partial charge in [-0.2, -0.15) is 17.5 Å². The van der Waals surface area contributed by atoms with Crippen molar-refractivity contribution in [3.8, 4) is 11.3 Å². The molecule has 2 aromatic carbocycles. The molecule has 0 bridgehead atoms. The van der Waals surface area contributed by atoms with Gasteiger partial charge < -0.3 is 14.6 Å². The Bertz CT molecular complexity index is 1690. The molecule has 9 nitrogen and oxygen atoms in total. The second kappa shape index (κ2) is 10.2. The molecule has 5 rings (SSSR count). The Morgan fingerprint density at radius 3 is 2.45 bits per heavy atom. The molecule has 1 fully saturated rings. The Balaban J connectivity index is 1.32. The minimum atomic E-state index is -4.47.